The third kappa shape index (κ3) is 0.592. The van der Waals surface area contributed by atoms with Crippen molar-refractivity contribution in [2.24, 2.45) is 0 Å². The van der Waals surface area contributed by atoms with Gasteiger partial charge in [0, 0.05) is 0 Å². The molecule has 0 saturated carbocycles. The highest BCUT2D eigenvalue weighted by molar-refractivity contribution is 7.94. The second-order valence-electron chi connectivity index (χ2n) is 0.685. The Balaban J connectivity index is 3.15. The molecule has 0 amide bonds. The molecule has 0 bridgehead atoms. The zero-order valence-corrected chi connectivity index (χ0v) is 3.03. The molecule has 0 spiro atoms. The van der Waals surface area contributed by atoms with E-state index in [4.69, 9.17) is 0 Å². The van der Waals surface area contributed by atoms with Crippen LogP contribution in [0, 0.1) is 5.94 Å². The van der Waals surface area contributed by atoms with E-state index in [1.165, 1.54) is 0 Å². The van der Waals surface area contributed by atoms with Crippen molar-refractivity contribution in [3.8, 4) is 0 Å². The molecule has 0 atom stereocenters. The van der Waals surface area contributed by atoms with Gasteiger partial charge in [0.2, 0.25) is 5.94 Å². The summed E-state index contributed by atoms with van der Waals surface area (Å²) in [7, 11) is -3.04. The molecule has 29 valence electrons. The summed E-state index contributed by atoms with van der Waals surface area (Å²) in [5.41, 5.74) is 0. The average molecular weight is 93.1 g/mol. The van der Waals surface area contributed by atoms with Crippen molar-refractivity contribution in [2.75, 3.05) is 0 Å². The monoisotopic (exact) mass is 93.0 g/mol. The predicted molar refractivity (Wildman–Crippen MR) is 14.3 cm³/mol. The standard InChI is InChI=1S/CHO3S/c2-5(3)1-4-5/h1H. The van der Waals surface area contributed by atoms with Crippen LogP contribution < -0.4 is 0 Å². The van der Waals surface area contributed by atoms with Crippen LogP contribution in [0.5, 0.6) is 0 Å². The van der Waals surface area contributed by atoms with Crippen LogP contribution in [-0.2, 0) is 14.3 Å². The topological polar surface area (TPSA) is 46.7 Å². The van der Waals surface area contributed by atoms with Crippen LogP contribution in [0.25, 0.3) is 0 Å². The first-order valence-electron chi connectivity index (χ1n) is 0.971. The van der Waals surface area contributed by atoms with Crippen LogP contribution in [0.15, 0.2) is 0 Å². The molecular weight excluding hydrogens is 92.1 g/mol. The second kappa shape index (κ2) is 0.529. The van der Waals surface area contributed by atoms with Crippen molar-refractivity contribution in [1.29, 1.82) is 0 Å². The largest absolute Gasteiger partial charge is 0.301 e. The minimum absolute atomic E-state index is 0.785. The van der Waals surface area contributed by atoms with Crippen LogP contribution in [0.1, 0.15) is 0 Å². The third-order valence-corrected chi connectivity index (χ3v) is 0.760. The Morgan fingerprint density at radius 3 is 1.80 bits per heavy atom. The number of rotatable bonds is 0. The Morgan fingerprint density at radius 1 is 1.60 bits per heavy atom. The summed E-state index contributed by atoms with van der Waals surface area (Å²) in [5.74, 6) is 0.785. The molecule has 1 saturated heterocycles. The Morgan fingerprint density at radius 2 is 1.80 bits per heavy atom. The summed E-state index contributed by atoms with van der Waals surface area (Å²) in [4.78, 5) is 0. The van der Waals surface area contributed by atoms with Crippen molar-refractivity contribution in [3.05, 3.63) is 5.94 Å². The molecule has 1 aliphatic rings. The number of hydrogen-bond acceptors (Lipinski definition) is 3. The quantitative estimate of drug-likeness (QED) is 0.378. The summed E-state index contributed by atoms with van der Waals surface area (Å²) in [5, 5.41) is 0. The van der Waals surface area contributed by atoms with Crippen LogP contribution >= 0.6 is 0 Å². The maximum atomic E-state index is 9.47. The van der Waals surface area contributed by atoms with Gasteiger partial charge in [0.05, 0.1) is 0 Å². The van der Waals surface area contributed by atoms with Crippen LogP contribution in [-0.4, -0.2) is 8.42 Å². The zero-order chi connectivity index (χ0) is 3.91. The summed E-state index contributed by atoms with van der Waals surface area (Å²) >= 11 is 0. The fourth-order valence-electron chi connectivity index (χ4n) is 0.0321. The fourth-order valence-corrected chi connectivity index (χ4v) is 0.289. The van der Waals surface area contributed by atoms with E-state index in [1.807, 2.05) is 0 Å². The van der Waals surface area contributed by atoms with Gasteiger partial charge in [-0.2, -0.15) is 8.42 Å². The molecule has 1 radical (unpaired) electrons. The summed E-state index contributed by atoms with van der Waals surface area (Å²) in [6.45, 7) is 0. The summed E-state index contributed by atoms with van der Waals surface area (Å²) in [6, 6.07) is 0. The normalized spacial score (nSPS) is 29.6. The molecular formula is CHO3S. The molecule has 3 nitrogen and oxygen atoms in total. The first kappa shape index (κ1) is 3.11. The van der Waals surface area contributed by atoms with E-state index in [0.717, 1.165) is 5.94 Å². The minimum atomic E-state index is -3.04. The Labute approximate surface area is 29.7 Å². The van der Waals surface area contributed by atoms with E-state index in [9.17, 15) is 8.42 Å². The molecule has 0 aromatic heterocycles. The van der Waals surface area contributed by atoms with Gasteiger partial charge < -0.3 is 0 Å². The molecule has 5 heavy (non-hydrogen) atoms. The minimum Gasteiger partial charge on any atom is -0.241 e. The highest BCUT2D eigenvalue weighted by Gasteiger charge is 2.29. The highest BCUT2D eigenvalue weighted by atomic mass is 32.2. The summed E-state index contributed by atoms with van der Waals surface area (Å²) < 4.78 is 22.7. The molecule has 1 fully saturated rings. The maximum Gasteiger partial charge on any atom is 0.301 e. The van der Waals surface area contributed by atoms with Gasteiger partial charge in [-0.1, -0.05) is 0 Å². The van der Waals surface area contributed by atoms with E-state index in [0.29, 0.717) is 0 Å². The summed E-state index contributed by atoms with van der Waals surface area (Å²) in [6.07, 6.45) is 0. The molecule has 0 aromatic rings. The third-order valence-electron chi connectivity index (χ3n) is 0.253. The lowest BCUT2D eigenvalue weighted by atomic mass is 11.7. The molecule has 1 aliphatic heterocycles. The second-order valence-corrected chi connectivity index (χ2v) is 2.06. The average Bonchev–Trinajstić information content (AvgIpc) is 1.76. The lowest BCUT2D eigenvalue weighted by Crippen LogP contribution is -1.58. The van der Waals surface area contributed by atoms with E-state index in [2.05, 4.69) is 4.18 Å². The van der Waals surface area contributed by atoms with Gasteiger partial charge in [0.25, 0.3) is 0 Å². The fraction of sp³-hybridized carbons (Fsp3) is 0. The van der Waals surface area contributed by atoms with Crippen LogP contribution in [0.4, 0.5) is 0 Å². The van der Waals surface area contributed by atoms with Crippen LogP contribution in [0.3, 0.4) is 0 Å². The van der Waals surface area contributed by atoms with Crippen molar-refractivity contribution < 1.29 is 12.6 Å². The zero-order valence-electron chi connectivity index (χ0n) is 2.21. The molecule has 4 heteroatoms. The smallest absolute Gasteiger partial charge is 0.241 e. The molecule has 1 heterocycles. The first-order chi connectivity index (χ1) is 2.21. The predicted octanol–water partition coefficient (Wildman–Crippen LogP) is -0.534. The van der Waals surface area contributed by atoms with Gasteiger partial charge >= 0.3 is 10.1 Å². The van der Waals surface area contributed by atoms with E-state index in [1.54, 1.807) is 0 Å². The van der Waals surface area contributed by atoms with E-state index in [-0.39, 0.29) is 0 Å². The van der Waals surface area contributed by atoms with E-state index < -0.39 is 10.1 Å². The molecule has 0 aromatic carbocycles. The first-order valence-corrected chi connectivity index (χ1v) is 2.44. The van der Waals surface area contributed by atoms with Gasteiger partial charge in [-0.15, -0.1) is 0 Å². The lowest BCUT2D eigenvalue weighted by molar-refractivity contribution is 0.541. The van der Waals surface area contributed by atoms with Gasteiger partial charge in [-0.05, 0) is 0 Å². The highest BCUT2D eigenvalue weighted by Crippen LogP contribution is 2.15. The van der Waals surface area contributed by atoms with Gasteiger partial charge in [0.1, 0.15) is 0 Å². The Bertz CT molecular complexity index is 110. The van der Waals surface area contributed by atoms with Gasteiger partial charge in [0.15, 0.2) is 0 Å². The van der Waals surface area contributed by atoms with Crippen molar-refractivity contribution in [1.82, 2.24) is 0 Å². The van der Waals surface area contributed by atoms with E-state index >= 15 is 0 Å². The van der Waals surface area contributed by atoms with Crippen molar-refractivity contribution in [2.45, 2.75) is 0 Å². The molecule has 0 aliphatic carbocycles. The Hall–Kier alpha value is -0.0900. The maximum absolute atomic E-state index is 9.47. The van der Waals surface area contributed by atoms with Gasteiger partial charge in [-0.25, -0.2) is 4.18 Å². The molecule has 1 rings (SSSR count). The SMILES string of the molecule is O=S1(=O)[CH]O1. The van der Waals surface area contributed by atoms with Crippen molar-refractivity contribution in [3.63, 3.8) is 0 Å². The van der Waals surface area contributed by atoms with Crippen LogP contribution in [0.2, 0.25) is 0 Å². The molecule has 0 unspecified atom stereocenters. The lowest BCUT2D eigenvalue weighted by Gasteiger charge is -1.41. The number of hydrogen-bond donors (Lipinski definition) is 0. The Kier molecular flexibility index (Phi) is 0.330. The van der Waals surface area contributed by atoms with Crippen molar-refractivity contribution >= 4 is 10.1 Å². The van der Waals surface area contributed by atoms with Gasteiger partial charge in [-0.3, -0.25) is 0 Å². The molecule has 0 N–H and O–H groups in total.